The van der Waals surface area contributed by atoms with Crippen LogP contribution < -0.4 is 0 Å². The van der Waals surface area contributed by atoms with Gasteiger partial charge in [0.25, 0.3) is 0 Å². The van der Waals surface area contributed by atoms with E-state index in [0.29, 0.717) is 17.5 Å². The van der Waals surface area contributed by atoms with Gasteiger partial charge in [-0.05, 0) is 56.6 Å². The zero-order valence-electron chi connectivity index (χ0n) is 27.5. The van der Waals surface area contributed by atoms with Crippen LogP contribution in [0.2, 0.25) is 0 Å². The quantitative estimate of drug-likeness (QED) is 0.186. The highest BCUT2D eigenvalue weighted by atomic mass is 16.3. The lowest BCUT2D eigenvalue weighted by atomic mass is 9.92. The standard InChI is InChI=1S/C47H29N3O/c1-3-13-32(14-4-1)45-48-46(33-15-5-2-6-16-33)50-47(49-45)34-25-23-31(24-26-34)40-29-41-43-37(36-27-22-30-12-7-8-17-35(30)28-36)20-11-21-42(43)51-44(41)39-19-10-9-18-38(39)40/h1-29H. The van der Waals surface area contributed by atoms with Crippen molar-refractivity contribution in [3.63, 3.8) is 0 Å². The molecule has 10 rings (SSSR count). The maximum absolute atomic E-state index is 6.66. The average molecular weight is 652 g/mol. The number of hydrogen-bond acceptors (Lipinski definition) is 4. The van der Waals surface area contributed by atoms with Gasteiger partial charge >= 0.3 is 0 Å². The summed E-state index contributed by atoms with van der Waals surface area (Å²) < 4.78 is 6.66. The maximum Gasteiger partial charge on any atom is 0.164 e. The average Bonchev–Trinajstić information content (AvgIpc) is 3.60. The fourth-order valence-corrected chi connectivity index (χ4v) is 7.22. The van der Waals surface area contributed by atoms with Crippen molar-refractivity contribution in [2.24, 2.45) is 0 Å². The van der Waals surface area contributed by atoms with Crippen LogP contribution in [0.3, 0.4) is 0 Å². The first-order valence-electron chi connectivity index (χ1n) is 17.1. The van der Waals surface area contributed by atoms with Gasteiger partial charge in [-0.25, -0.2) is 15.0 Å². The van der Waals surface area contributed by atoms with Gasteiger partial charge < -0.3 is 4.42 Å². The zero-order chi connectivity index (χ0) is 33.7. The fraction of sp³-hybridized carbons (Fsp3) is 0. The number of benzene rings is 8. The smallest absolute Gasteiger partial charge is 0.164 e. The molecule has 8 aromatic carbocycles. The third-order valence-corrected chi connectivity index (χ3v) is 9.72. The van der Waals surface area contributed by atoms with Crippen molar-refractivity contribution in [1.82, 2.24) is 15.0 Å². The lowest BCUT2D eigenvalue weighted by molar-refractivity contribution is 0.673. The molecular formula is C47H29N3O. The Labute approximate surface area is 294 Å². The van der Waals surface area contributed by atoms with Gasteiger partial charge in [-0.3, -0.25) is 0 Å². The van der Waals surface area contributed by atoms with Crippen molar-refractivity contribution in [3.05, 3.63) is 176 Å². The molecule has 0 unspecified atom stereocenters. The molecule has 0 fully saturated rings. The second-order valence-corrected chi connectivity index (χ2v) is 12.8. The highest BCUT2D eigenvalue weighted by molar-refractivity contribution is 6.22. The number of furan rings is 1. The molecule has 0 saturated carbocycles. The maximum atomic E-state index is 6.66. The molecule has 51 heavy (non-hydrogen) atoms. The second kappa shape index (κ2) is 11.9. The number of rotatable bonds is 5. The minimum absolute atomic E-state index is 0.635. The van der Waals surface area contributed by atoms with E-state index in [1.807, 2.05) is 60.7 Å². The molecule has 0 amide bonds. The Morgan fingerprint density at radius 1 is 0.333 bits per heavy atom. The van der Waals surface area contributed by atoms with E-state index in [-0.39, 0.29) is 0 Å². The molecule has 10 aromatic rings. The Kier molecular flexibility index (Phi) is 6.78. The van der Waals surface area contributed by atoms with E-state index < -0.39 is 0 Å². The molecule has 0 aliphatic heterocycles. The van der Waals surface area contributed by atoms with Crippen molar-refractivity contribution in [1.29, 1.82) is 0 Å². The van der Waals surface area contributed by atoms with E-state index >= 15 is 0 Å². The van der Waals surface area contributed by atoms with Crippen molar-refractivity contribution >= 4 is 43.5 Å². The molecule has 0 radical (unpaired) electrons. The lowest BCUT2D eigenvalue weighted by Gasteiger charge is -2.11. The fourth-order valence-electron chi connectivity index (χ4n) is 7.22. The first-order valence-corrected chi connectivity index (χ1v) is 17.1. The van der Waals surface area contributed by atoms with Gasteiger partial charge in [0.05, 0.1) is 0 Å². The van der Waals surface area contributed by atoms with Crippen molar-refractivity contribution in [2.45, 2.75) is 0 Å². The van der Waals surface area contributed by atoms with Crippen LogP contribution in [0.25, 0.3) is 99.9 Å². The molecule has 0 saturated heterocycles. The zero-order valence-corrected chi connectivity index (χ0v) is 27.5. The molecule has 0 aliphatic carbocycles. The summed E-state index contributed by atoms with van der Waals surface area (Å²) in [6.07, 6.45) is 0. The summed E-state index contributed by atoms with van der Waals surface area (Å²) in [5.41, 5.74) is 9.19. The molecule has 2 aromatic heterocycles. The van der Waals surface area contributed by atoms with E-state index in [9.17, 15) is 0 Å². The number of nitrogens with zero attached hydrogens (tertiary/aromatic N) is 3. The summed E-state index contributed by atoms with van der Waals surface area (Å²) in [5.74, 6) is 1.93. The minimum atomic E-state index is 0.635. The highest BCUT2D eigenvalue weighted by Crippen LogP contribution is 2.43. The van der Waals surface area contributed by atoms with Crippen LogP contribution in [0.5, 0.6) is 0 Å². The molecule has 0 bridgehead atoms. The SMILES string of the molecule is c1ccc(-c2nc(-c3ccccc3)nc(-c3ccc(-c4cc5c(oc6cccc(-c7ccc8ccccc8c7)c65)c5ccccc45)cc3)n2)cc1. The van der Waals surface area contributed by atoms with Gasteiger partial charge in [-0.2, -0.15) is 0 Å². The van der Waals surface area contributed by atoms with Crippen LogP contribution in [0.4, 0.5) is 0 Å². The molecule has 238 valence electrons. The molecule has 0 aliphatic rings. The Balaban J connectivity index is 1.13. The second-order valence-electron chi connectivity index (χ2n) is 12.8. The van der Waals surface area contributed by atoms with E-state index in [0.717, 1.165) is 66.1 Å². The van der Waals surface area contributed by atoms with E-state index in [4.69, 9.17) is 19.4 Å². The third-order valence-electron chi connectivity index (χ3n) is 9.72. The largest absolute Gasteiger partial charge is 0.455 e. The normalized spacial score (nSPS) is 11.5. The van der Waals surface area contributed by atoms with Crippen LogP contribution in [0, 0.1) is 0 Å². The number of fused-ring (bicyclic) bond motifs is 6. The highest BCUT2D eigenvalue weighted by Gasteiger charge is 2.18. The van der Waals surface area contributed by atoms with Gasteiger partial charge in [0, 0.05) is 32.8 Å². The predicted octanol–water partition coefficient (Wildman–Crippen LogP) is 12.4. The van der Waals surface area contributed by atoms with Gasteiger partial charge in [0.2, 0.25) is 0 Å². The van der Waals surface area contributed by atoms with Crippen molar-refractivity contribution < 1.29 is 4.42 Å². The minimum Gasteiger partial charge on any atom is -0.455 e. The molecule has 4 nitrogen and oxygen atoms in total. The Morgan fingerprint density at radius 3 is 1.57 bits per heavy atom. The monoisotopic (exact) mass is 651 g/mol. The molecular weight excluding hydrogens is 623 g/mol. The number of aromatic nitrogens is 3. The van der Waals surface area contributed by atoms with E-state index in [1.54, 1.807) is 0 Å². The van der Waals surface area contributed by atoms with Gasteiger partial charge in [0.15, 0.2) is 17.5 Å². The Morgan fingerprint density at radius 2 is 0.882 bits per heavy atom. The molecule has 0 N–H and O–H groups in total. The van der Waals surface area contributed by atoms with Crippen molar-refractivity contribution in [3.8, 4) is 56.4 Å². The van der Waals surface area contributed by atoms with E-state index in [2.05, 4.69) is 115 Å². The predicted molar refractivity (Wildman–Crippen MR) is 209 cm³/mol. The number of hydrogen-bond donors (Lipinski definition) is 0. The van der Waals surface area contributed by atoms with Gasteiger partial charge in [-0.1, -0.05) is 158 Å². The first-order chi connectivity index (χ1) is 25.3. The summed E-state index contributed by atoms with van der Waals surface area (Å²) in [6, 6.07) is 61.1. The molecule has 2 heterocycles. The van der Waals surface area contributed by atoms with Crippen LogP contribution in [0.15, 0.2) is 180 Å². The summed E-state index contributed by atoms with van der Waals surface area (Å²) in [5, 5.41) is 6.90. The van der Waals surface area contributed by atoms with Crippen LogP contribution in [0.1, 0.15) is 0 Å². The summed E-state index contributed by atoms with van der Waals surface area (Å²) >= 11 is 0. The Bertz CT molecular complexity index is 2840. The Hall–Kier alpha value is -6.91. The first kappa shape index (κ1) is 29.0. The van der Waals surface area contributed by atoms with E-state index in [1.165, 1.54) is 16.3 Å². The molecule has 4 heteroatoms. The van der Waals surface area contributed by atoms with Gasteiger partial charge in [-0.15, -0.1) is 0 Å². The lowest BCUT2D eigenvalue weighted by Crippen LogP contribution is -2.00. The summed E-state index contributed by atoms with van der Waals surface area (Å²) in [4.78, 5) is 14.7. The summed E-state index contributed by atoms with van der Waals surface area (Å²) in [6.45, 7) is 0. The topological polar surface area (TPSA) is 51.8 Å². The summed E-state index contributed by atoms with van der Waals surface area (Å²) in [7, 11) is 0. The van der Waals surface area contributed by atoms with Gasteiger partial charge in [0.1, 0.15) is 11.2 Å². The van der Waals surface area contributed by atoms with Crippen LogP contribution in [-0.4, -0.2) is 15.0 Å². The molecule has 0 spiro atoms. The van der Waals surface area contributed by atoms with Crippen LogP contribution >= 0.6 is 0 Å². The molecule has 0 atom stereocenters. The van der Waals surface area contributed by atoms with Crippen LogP contribution in [-0.2, 0) is 0 Å². The van der Waals surface area contributed by atoms with Crippen molar-refractivity contribution in [2.75, 3.05) is 0 Å². The third kappa shape index (κ3) is 5.04.